The summed E-state index contributed by atoms with van der Waals surface area (Å²) in [5, 5.41) is 6.33. The summed E-state index contributed by atoms with van der Waals surface area (Å²) in [4.78, 5) is 25.5. The van der Waals surface area contributed by atoms with Crippen molar-refractivity contribution < 1.29 is 14.0 Å². The number of hydrogen-bond donors (Lipinski definition) is 2. The minimum Gasteiger partial charge on any atom is -0.459 e. The zero-order valence-electron chi connectivity index (χ0n) is 14.4. The van der Waals surface area contributed by atoms with Crippen molar-refractivity contribution in [1.29, 1.82) is 0 Å². The van der Waals surface area contributed by atoms with Crippen LogP contribution >= 0.6 is 0 Å². The Morgan fingerprint density at radius 3 is 2.48 bits per heavy atom. The molecule has 0 saturated carbocycles. The first-order valence-electron chi connectivity index (χ1n) is 8.12. The lowest BCUT2D eigenvalue weighted by atomic mass is 10.2. The Morgan fingerprint density at radius 2 is 1.88 bits per heavy atom. The molecule has 0 spiro atoms. The van der Waals surface area contributed by atoms with E-state index < -0.39 is 11.8 Å². The Hall–Kier alpha value is -3.09. The number of amides is 2. The monoisotopic (exact) mass is 342 g/mol. The van der Waals surface area contributed by atoms with E-state index in [1.807, 2.05) is 24.3 Å². The number of carbonyl (C=O) groups is 2. The van der Waals surface area contributed by atoms with Gasteiger partial charge in [-0.15, -0.1) is 0 Å². The third kappa shape index (κ3) is 5.49. The minimum absolute atomic E-state index is 0.157. The van der Waals surface area contributed by atoms with Crippen molar-refractivity contribution in [2.24, 2.45) is 5.10 Å². The molecule has 0 saturated heterocycles. The number of carbonyl (C=O) groups excluding carboxylic acids is 2. The van der Waals surface area contributed by atoms with E-state index in [2.05, 4.69) is 34.6 Å². The first-order valence-corrected chi connectivity index (χ1v) is 8.12. The Morgan fingerprint density at radius 1 is 1.16 bits per heavy atom. The van der Waals surface area contributed by atoms with Crippen LogP contribution in [0.5, 0.6) is 0 Å². The number of rotatable bonds is 8. The second-order valence-corrected chi connectivity index (χ2v) is 5.22. The molecule has 1 aromatic carbocycles. The largest absolute Gasteiger partial charge is 0.459 e. The van der Waals surface area contributed by atoms with Gasteiger partial charge in [0.05, 0.1) is 19.0 Å². The van der Waals surface area contributed by atoms with Gasteiger partial charge in [-0.1, -0.05) is 12.1 Å². The number of nitrogens with one attached hydrogen (secondary N) is 2. The maximum atomic E-state index is 11.7. The van der Waals surface area contributed by atoms with E-state index in [1.54, 1.807) is 12.3 Å². The van der Waals surface area contributed by atoms with Crippen LogP contribution in [0.2, 0.25) is 0 Å². The third-order valence-corrected chi connectivity index (χ3v) is 3.58. The molecule has 2 amide bonds. The molecule has 132 valence electrons. The highest BCUT2D eigenvalue weighted by Crippen LogP contribution is 2.13. The van der Waals surface area contributed by atoms with Crippen LogP contribution in [-0.2, 0) is 4.79 Å². The van der Waals surface area contributed by atoms with Gasteiger partial charge in [0.1, 0.15) is 0 Å². The molecular formula is C18H22N4O3. The molecule has 25 heavy (non-hydrogen) atoms. The summed E-state index contributed by atoms with van der Waals surface area (Å²) < 4.78 is 4.93. The number of nitrogens with zero attached hydrogens (tertiary/aromatic N) is 2. The molecule has 2 rings (SSSR count). The summed E-state index contributed by atoms with van der Waals surface area (Å²) in [6.45, 7) is 5.93. The fourth-order valence-corrected chi connectivity index (χ4v) is 2.23. The fourth-order valence-electron chi connectivity index (χ4n) is 2.23. The topological polar surface area (TPSA) is 86.9 Å². The van der Waals surface area contributed by atoms with Gasteiger partial charge in [-0.2, -0.15) is 5.10 Å². The van der Waals surface area contributed by atoms with Gasteiger partial charge in [-0.25, -0.2) is 5.43 Å². The molecule has 0 radical (unpaired) electrons. The van der Waals surface area contributed by atoms with Gasteiger partial charge in [-0.3, -0.25) is 9.59 Å². The van der Waals surface area contributed by atoms with Crippen LogP contribution < -0.4 is 15.6 Å². The second-order valence-electron chi connectivity index (χ2n) is 5.22. The van der Waals surface area contributed by atoms with Gasteiger partial charge in [0.25, 0.3) is 11.8 Å². The summed E-state index contributed by atoms with van der Waals surface area (Å²) in [6, 6.07) is 11.0. The number of furan rings is 1. The predicted molar refractivity (Wildman–Crippen MR) is 96.8 cm³/mol. The lowest BCUT2D eigenvalue weighted by Gasteiger charge is -2.20. The normalized spacial score (nSPS) is 10.6. The Labute approximate surface area is 146 Å². The molecule has 0 atom stereocenters. The second kappa shape index (κ2) is 9.27. The Balaban J connectivity index is 1.78. The third-order valence-electron chi connectivity index (χ3n) is 3.58. The van der Waals surface area contributed by atoms with E-state index >= 15 is 0 Å². The van der Waals surface area contributed by atoms with Crippen LogP contribution in [0.25, 0.3) is 0 Å². The van der Waals surface area contributed by atoms with E-state index in [1.165, 1.54) is 12.3 Å². The molecule has 0 aliphatic rings. The van der Waals surface area contributed by atoms with Crippen LogP contribution in [0, 0.1) is 0 Å². The molecule has 7 nitrogen and oxygen atoms in total. The van der Waals surface area contributed by atoms with Crippen LogP contribution in [0.4, 0.5) is 5.69 Å². The summed E-state index contributed by atoms with van der Waals surface area (Å²) in [7, 11) is 0. The number of hydrazone groups is 1. The molecule has 0 bridgehead atoms. The van der Waals surface area contributed by atoms with Gasteiger partial charge in [0.2, 0.25) is 0 Å². The molecule has 1 heterocycles. The Kier molecular flexibility index (Phi) is 6.76. The molecule has 0 fully saturated rings. The molecule has 2 N–H and O–H groups in total. The van der Waals surface area contributed by atoms with Crippen molar-refractivity contribution in [1.82, 2.24) is 10.7 Å². The smallest absolute Gasteiger partial charge is 0.287 e. The van der Waals surface area contributed by atoms with Crippen molar-refractivity contribution in [2.45, 2.75) is 13.8 Å². The average Bonchev–Trinajstić information content (AvgIpc) is 3.17. The van der Waals surface area contributed by atoms with Crippen molar-refractivity contribution >= 4 is 23.7 Å². The molecule has 0 unspecified atom stereocenters. The number of benzene rings is 1. The fraction of sp³-hybridized carbons (Fsp3) is 0.278. The van der Waals surface area contributed by atoms with E-state index in [9.17, 15) is 9.59 Å². The zero-order valence-corrected chi connectivity index (χ0v) is 14.4. The molecular weight excluding hydrogens is 320 g/mol. The Bertz CT molecular complexity index is 704. The van der Waals surface area contributed by atoms with Gasteiger partial charge in [0.15, 0.2) is 5.76 Å². The molecule has 2 aromatic rings. The molecule has 7 heteroatoms. The summed E-state index contributed by atoms with van der Waals surface area (Å²) in [6.07, 6.45) is 2.95. The van der Waals surface area contributed by atoms with E-state index in [-0.39, 0.29) is 12.3 Å². The number of anilines is 1. The minimum atomic E-state index is -0.448. The van der Waals surface area contributed by atoms with E-state index in [4.69, 9.17) is 4.42 Å². The maximum absolute atomic E-state index is 11.7. The first-order chi connectivity index (χ1) is 12.1. The maximum Gasteiger partial charge on any atom is 0.287 e. The van der Waals surface area contributed by atoms with Gasteiger partial charge in [0, 0.05) is 18.8 Å². The summed E-state index contributed by atoms with van der Waals surface area (Å²) >= 11 is 0. The average molecular weight is 342 g/mol. The summed E-state index contributed by atoms with van der Waals surface area (Å²) in [5.41, 5.74) is 4.38. The van der Waals surface area contributed by atoms with Crippen LogP contribution in [0.1, 0.15) is 30.0 Å². The lowest BCUT2D eigenvalue weighted by Crippen LogP contribution is -2.34. The van der Waals surface area contributed by atoms with Gasteiger partial charge >= 0.3 is 0 Å². The first kappa shape index (κ1) is 18.3. The van der Waals surface area contributed by atoms with Crippen molar-refractivity contribution in [3.63, 3.8) is 0 Å². The predicted octanol–water partition coefficient (Wildman–Crippen LogP) is 2.01. The highest BCUT2D eigenvalue weighted by atomic mass is 16.3. The van der Waals surface area contributed by atoms with Crippen molar-refractivity contribution in [3.8, 4) is 0 Å². The molecule has 1 aromatic heterocycles. The SMILES string of the molecule is CCN(CC)c1ccc(/C=N/NC(=O)CNC(=O)c2ccco2)cc1. The summed E-state index contributed by atoms with van der Waals surface area (Å²) in [5.74, 6) is -0.711. The quantitative estimate of drug-likeness (QED) is 0.567. The van der Waals surface area contributed by atoms with Crippen LogP contribution in [-0.4, -0.2) is 37.7 Å². The lowest BCUT2D eigenvalue weighted by molar-refractivity contribution is -0.120. The molecule has 0 aliphatic heterocycles. The van der Waals surface area contributed by atoms with Crippen LogP contribution in [0.15, 0.2) is 52.2 Å². The highest BCUT2D eigenvalue weighted by Gasteiger charge is 2.09. The van der Waals surface area contributed by atoms with Crippen LogP contribution in [0.3, 0.4) is 0 Å². The standard InChI is InChI=1S/C18H22N4O3/c1-3-22(4-2)15-9-7-14(8-10-15)12-20-21-17(23)13-19-18(24)16-6-5-11-25-16/h5-12H,3-4,13H2,1-2H3,(H,19,24)(H,21,23)/b20-12+. The highest BCUT2D eigenvalue weighted by molar-refractivity contribution is 5.94. The van der Waals surface area contributed by atoms with Crippen molar-refractivity contribution in [3.05, 3.63) is 54.0 Å². The zero-order chi connectivity index (χ0) is 18.1. The molecule has 0 aliphatic carbocycles. The van der Waals surface area contributed by atoms with E-state index in [0.29, 0.717) is 0 Å². The van der Waals surface area contributed by atoms with Gasteiger partial charge in [-0.05, 0) is 43.7 Å². The van der Waals surface area contributed by atoms with Crippen molar-refractivity contribution in [2.75, 3.05) is 24.5 Å². The van der Waals surface area contributed by atoms with E-state index in [0.717, 1.165) is 24.3 Å². The number of hydrogen-bond acceptors (Lipinski definition) is 5. The van der Waals surface area contributed by atoms with Gasteiger partial charge < -0.3 is 14.6 Å².